The molecule has 5 heteroatoms. The number of rotatable bonds is 2. The summed E-state index contributed by atoms with van der Waals surface area (Å²) in [6.07, 6.45) is 2.44. The molecule has 0 spiro atoms. The summed E-state index contributed by atoms with van der Waals surface area (Å²) >= 11 is 0. The Bertz CT molecular complexity index is 777. The maximum atomic E-state index is 13.0. The van der Waals surface area contributed by atoms with Gasteiger partial charge >= 0.3 is 5.97 Å². The highest BCUT2D eigenvalue weighted by Gasteiger charge is 2.61. The number of phenols is 2. The number of benzene rings is 1. The van der Waals surface area contributed by atoms with Crippen molar-refractivity contribution in [2.75, 3.05) is 7.11 Å². The molecule has 2 atom stereocenters. The first-order chi connectivity index (χ1) is 12.1. The molecule has 142 valence electrons. The number of Topliss-reactive ketones (excluding diaryl/α,β-unsaturated/α-hetero) is 1. The Morgan fingerprint density at radius 1 is 1.23 bits per heavy atom. The molecule has 0 saturated heterocycles. The zero-order chi connectivity index (χ0) is 19.4. The number of ketones is 1. The molecule has 0 heterocycles. The number of fused-ring (bicyclic) bond motifs is 3. The van der Waals surface area contributed by atoms with Crippen LogP contribution in [0.3, 0.4) is 0 Å². The minimum atomic E-state index is -1.10. The van der Waals surface area contributed by atoms with Crippen LogP contribution in [0.2, 0.25) is 0 Å². The van der Waals surface area contributed by atoms with E-state index in [1.54, 1.807) is 6.07 Å². The zero-order valence-electron chi connectivity index (χ0n) is 16.2. The monoisotopic (exact) mass is 360 g/mol. The van der Waals surface area contributed by atoms with Gasteiger partial charge in [0.15, 0.2) is 17.3 Å². The van der Waals surface area contributed by atoms with Crippen molar-refractivity contribution in [2.24, 2.45) is 11.3 Å². The third-order valence-electron chi connectivity index (χ3n) is 6.54. The SMILES string of the molecule is COC(=O)[C@]12CCCC(C)(C)[C@@H]1CC(=O)c1cc(C(C)C)c(O)c(O)c12. The van der Waals surface area contributed by atoms with E-state index in [4.69, 9.17) is 4.74 Å². The Morgan fingerprint density at radius 3 is 2.46 bits per heavy atom. The fraction of sp³-hybridized carbons (Fsp3) is 0.619. The number of ether oxygens (including phenoxy) is 1. The van der Waals surface area contributed by atoms with E-state index in [2.05, 4.69) is 13.8 Å². The molecule has 1 saturated carbocycles. The fourth-order valence-electron chi connectivity index (χ4n) is 5.20. The molecular weight excluding hydrogens is 332 g/mol. The third kappa shape index (κ3) is 2.36. The molecule has 1 fully saturated rings. The van der Waals surface area contributed by atoms with Crippen molar-refractivity contribution >= 4 is 11.8 Å². The first kappa shape index (κ1) is 18.7. The van der Waals surface area contributed by atoms with E-state index in [-0.39, 0.29) is 46.5 Å². The summed E-state index contributed by atoms with van der Waals surface area (Å²) < 4.78 is 5.16. The Labute approximate surface area is 154 Å². The molecule has 0 aromatic heterocycles. The van der Waals surface area contributed by atoms with Crippen LogP contribution < -0.4 is 0 Å². The van der Waals surface area contributed by atoms with Gasteiger partial charge in [-0.3, -0.25) is 9.59 Å². The normalized spacial score (nSPS) is 27.0. The van der Waals surface area contributed by atoms with Crippen LogP contribution in [0.4, 0.5) is 0 Å². The molecule has 2 aliphatic rings. The van der Waals surface area contributed by atoms with E-state index in [0.717, 1.165) is 12.8 Å². The molecule has 1 aromatic rings. The van der Waals surface area contributed by atoms with Crippen LogP contribution in [0, 0.1) is 11.3 Å². The second-order valence-electron chi connectivity index (χ2n) is 8.73. The van der Waals surface area contributed by atoms with Crippen molar-refractivity contribution in [1.29, 1.82) is 0 Å². The lowest BCUT2D eigenvalue weighted by Gasteiger charge is -2.53. The first-order valence-corrected chi connectivity index (χ1v) is 9.28. The van der Waals surface area contributed by atoms with Gasteiger partial charge in [0, 0.05) is 23.1 Å². The minimum Gasteiger partial charge on any atom is -0.504 e. The molecule has 2 aliphatic carbocycles. The average molecular weight is 360 g/mol. The lowest BCUT2D eigenvalue weighted by molar-refractivity contribution is -0.156. The van der Waals surface area contributed by atoms with E-state index >= 15 is 0 Å². The molecular formula is C21H28O5. The summed E-state index contributed by atoms with van der Waals surface area (Å²) in [6.45, 7) is 7.89. The third-order valence-corrected chi connectivity index (χ3v) is 6.54. The number of hydrogen-bond acceptors (Lipinski definition) is 5. The van der Waals surface area contributed by atoms with E-state index in [0.29, 0.717) is 17.5 Å². The zero-order valence-corrected chi connectivity index (χ0v) is 16.2. The largest absolute Gasteiger partial charge is 0.504 e. The van der Waals surface area contributed by atoms with E-state index < -0.39 is 11.4 Å². The average Bonchev–Trinajstić information content (AvgIpc) is 2.57. The molecule has 3 rings (SSSR count). The van der Waals surface area contributed by atoms with Crippen molar-refractivity contribution in [3.8, 4) is 11.5 Å². The molecule has 5 nitrogen and oxygen atoms in total. The maximum Gasteiger partial charge on any atom is 0.316 e. The van der Waals surface area contributed by atoms with Crippen molar-refractivity contribution < 1.29 is 24.5 Å². The summed E-state index contributed by atoms with van der Waals surface area (Å²) in [7, 11) is 1.34. The summed E-state index contributed by atoms with van der Waals surface area (Å²) in [5.74, 6) is -1.43. The van der Waals surface area contributed by atoms with Gasteiger partial charge in [0.1, 0.15) is 5.41 Å². The Balaban J connectivity index is 2.39. The van der Waals surface area contributed by atoms with Gasteiger partial charge in [-0.2, -0.15) is 0 Å². The lowest BCUT2D eigenvalue weighted by Crippen LogP contribution is -2.55. The van der Waals surface area contributed by atoms with Crippen LogP contribution in [-0.4, -0.2) is 29.1 Å². The van der Waals surface area contributed by atoms with Gasteiger partial charge in [0.25, 0.3) is 0 Å². The summed E-state index contributed by atoms with van der Waals surface area (Å²) in [4.78, 5) is 26.0. The van der Waals surface area contributed by atoms with Gasteiger partial charge in [0.2, 0.25) is 0 Å². The van der Waals surface area contributed by atoms with Crippen molar-refractivity contribution in [2.45, 2.75) is 64.7 Å². The van der Waals surface area contributed by atoms with Crippen molar-refractivity contribution in [3.05, 3.63) is 22.8 Å². The summed E-state index contributed by atoms with van der Waals surface area (Å²) in [5.41, 5.74) is -0.221. The molecule has 1 aromatic carbocycles. The van der Waals surface area contributed by atoms with Crippen LogP contribution in [0.5, 0.6) is 11.5 Å². The molecule has 0 unspecified atom stereocenters. The predicted octanol–water partition coefficient (Wildman–Crippen LogP) is 4.04. The van der Waals surface area contributed by atoms with Crippen LogP contribution in [0.25, 0.3) is 0 Å². The standard InChI is InChI=1S/C21H28O5/c1-11(2)12-9-13-14(22)10-15-20(3,4)7-6-8-21(15,19(25)26-5)16(13)18(24)17(12)23/h9,11,15,23-24H,6-8,10H2,1-5H3/t15-,21+/m0/s1. The van der Waals surface area contributed by atoms with Crippen LogP contribution in [-0.2, 0) is 14.9 Å². The topological polar surface area (TPSA) is 83.8 Å². The van der Waals surface area contributed by atoms with Gasteiger partial charge in [0.05, 0.1) is 7.11 Å². The van der Waals surface area contributed by atoms with E-state index in [9.17, 15) is 19.8 Å². The smallest absolute Gasteiger partial charge is 0.316 e. The quantitative estimate of drug-likeness (QED) is 0.614. The molecule has 0 bridgehead atoms. The Kier molecular flexibility index (Phi) is 4.32. The molecule has 0 radical (unpaired) electrons. The maximum absolute atomic E-state index is 13.0. The number of methoxy groups -OCH3 is 1. The number of hydrogen-bond donors (Lipinski definition) is 2. The lowest BCUT2D eigenvalue weighted by atomic mass is 9.49. The Hall–Kier alpha value is -2.04. The van der Waals surface area contributed by atoms with E-state index in [1.807, 2.05) is 13.8 Å². The first-order valence-electron chi connectivity index (χ1n) is 9.28. The minimum absolute atomic E-state index is 0.0615. The molecule has 0 amide bonds. The highest BCUT2D eigenvalue weighted by atomic mass is 16.5. The van der Waals surface area contributed by atoms with Gasteiger partial charge in [-0.1, -0.05) is 34.1 Å². The second kappa shape index (κ2) is 6.00. The van der Waals surface area contributed by atoms with Crippen LogP contribution >= 0.6 is 0 Å². The van der Waals surface area contributed by atoms with E-state index in [1.165, 1.54) is 7.11 Å². The molecule has 0 aliphatic heterocycles. The van der Waals surface area contributed by atoms with Gasteiger partial charge in [-0.25, -0.2) is 0 Å². The fourth-order valence-corrected chi connectivity index (χ4v) is 5.20. The van der Waals surface area contributed by atoms with Gasteiger partial charge in [-0.15, -0.1) is 0 Å². The van der Waals surface area contributed by atoms with Gasteiger partial charge in [-0.05, 0) is 36.2 Å². The predicted molar refractivity (Wildman–Crippen MR) is 97.6 cm³/mol. The highest BCUT2D eigenvalue weighted by Crippen LogP contribution is 2.61. The van der Waals surface area contributed by atoms with Crippen LogP contribution in [0.15, 0.2) is 6.07 Å². The van der Waals surface area contributed by atoms with Crippen molar-refractivity contribution in [1.82, 2.24) is 0 Å². The number of carbonyl (C=O) groups is 2. The second-order valence-corrected chi connectivity index (χ2v) is 8.73. The molecule has 2 N–H and O–H groups in total. The number of aromatic hydroxyl groups is 2. The van der Waals surface area contributed by atoms with Crippen LogP contribution in [0.1, 0.15) is 80.8 Å². The number of phenolic OH excluding ortho intramolecular Hbond substituents is 2. The Morgan fingerprint density at radius 2 is 1.88 bits per heavy atom. The summed E-state index contributed by atoms with van der Waals surface area (Å²) in [5, 5.41) is 21.5. The molecule has 26 heavy (non-hydrogen) atoms. The summed E-state index contributed by atoms with van der Waals surface area (Å²) in [6, 6.07) is 1.65. The number of carbonyl (C=O) groups excluding carboxylic acids is 2. The highest BCUT2D eigenvalue weighted by molar-refractivity contribution is 6.04. The number of esters is 1. The van der Waals surface area contributed by atoms with Gasteiger partial charge < -0.3 is 14.9 Å². The van der Waals surface area contributed by atoms with Crippen molar-refractivity contribution in [3.63, 3.8) is 0 Å².